The van der Waals surface area contributed by atoms with Crippen molar-refractivity contribution in [2.24, 2.45) is 17.8 Å². The molecule has 3 fully saturated rings. The van der Waals surface area contributed by atoms with E-state index in [0.29, 0.717) is 0 Å². The predicted molar refractivity (Wildman–Crippen MR) is 49.9 cm³/mol. The quantitative estimate of drug-likeness (QED) is 0.661. The third-order valence-electron chi connectivity index (χ3n) is 4.28. The van der Waals surface area contributed by atoms with Gasteiger partial charge in [0.2, 0.25) is 0 Å². The molecule has 3 aliphatic carbocycles. The molecule has 0 radical (unpaired) electrons. The molecule has 0 aromatic rings. The maximum absolute atomic E-state index is 3.83. The topological polar surface area (TPSA) is 12.0 Å². The lowest BCUT2D eigenvalue weighted by Crippen LogP contribution is -2.35. The monoisotopic (exact) mass is 165 g/mol. The van der Waals surface area contributed by atoms with Gasteiger partial charge in [0.25, 0.3) is 0 Å². The molecule has 1 N–H and O–H groups in total. The molecule has 0 aromatic carbocycles. The van der Waals surface area contributed by atoms with Gasteiger partial charge in [-0.05, 0) is 43.4 Å². The summed E-state index contributed by atoms with van der Waals surface area (Å²) in [6.45, 7) is 2.37. The molecule has 1 heteroatoms. The van der Waals surface area contributed by atoms with Crippen molar-refractivity contribution in [2.45, 2.75) is 51.1 Å². The van der Waals surface area contributed by atoms with Crippen molar-refractivity contribution in [1.82, 2.24) is 5.32 Å². The van der Waals surface area contributed by atoms with Gasteiger partial charge in [0.05, 0.1) is 0 Å². The zero-order valence-electron chi connectivity index (χ0n) is 7.92. The first kappa shape index (κ1) is 7.37. The highest BCUT2D eigenvalue weighted by molar-refractivity contribution is 4.99. The molecule has 12 heavy (non-hydrogen) atoms. The van der Waals surface area contributed by atoms with E-state index < -0.39 is 0 Å². The van der Waals surface area contributed by atoms with Crippen molar-refractivity contribution < 1.29 is 0 Å². The summed E-state index contributed by atoms with van der Waals surface area (Å²) in [5.74, 6) is 3.13. The van der Waals surface area contributed by atoms with Crippen LogP contribution in [0.4, 0.5) is 0 Å². The maximum Gasteiger partial charge on any atom is 0.0101 e. The van der Waals surface area contributed by atoms with Gasteiger partial charge in [0.15, 0.2) is 0 Å². The van der Waals surface area contributed by atoms with Crippen LogP contribution in [0.3, 0.4) is 0 Å². The van der Waals surface area contributed by atoms with Gasteiger partial charge in [-0.2, -0.15) is 0 Å². The Hall–Kier alpha value is -0.0400. The van der Waals surface area contributed by atoms with Crippen LogP contribution in [0.15, 0.2) is 0 Å². The Morgan fingerprint density at radius 2 is 1.83 bits per heavy atom. The molecule has 2 bridgehead atoms. The summed E-state index contributed by atoms with van der Waals surface area (Å²) in [6, 6.07) is 1.81. The van der Waals surface area contributed by atoms with E-state index in [1.165, 1.54) is 25.7 Å². The van der Waals surface area contributed by atoms with E-state index in [0.717, 1.165) is 29.8 Å². The van der Waals surface area contributed by atoms with Gasteiger partial charge in [-0.1, -0.05) is 13.3 Å². The summed E-state index contributed by atoms with van der Waals surface area (Å²) in [5.41, 5.74) is 0. The molecular formula is C11H19N. The van der Waals surface area contributed by atoms with E-state index >= 15 is 0 Å². The van der Waals surface area contributed by atoms with E-state index in [-0.39, 0.29) is 0 Å². The second kappa shape index (κ2) is 2.47. The molecule has 3 aliphatic rings. The first-order chi connectivity index (χ1) is 5.83. The Balaban J connectivity index is 1.57. The van der Waals surface area contributed by atoms with Crippen LogP contribution in [0.2, 0.25) is 0 Å². The number of nitrogens with one attached hydrogen (secondary N) is 1. The van der Waals surface area contributed by atoms with E-state index in [1.807, 2.05) is 0 Å². The fraction of sp³-hybridized carbons (Fsp3) is 1.00. The molecule has 0 spiro atoms. The van der Waals surface area contributed by atoms with Crippen LogP contribution in [-0.4, -0.2) is 12.1 Å². The zero-order valence-corrected chi connectivity index (χ0v) is 7.92. The number of hydrogen-bond donors (Lipinski definition) is 1. The normalized spacial score (nSPS) is 56.2. The minimum absolute atomic E-state index is 0.898. The molecule has 68 valence electrons. The predicted octanol–water partition coefficient (Wildman–Crippen LogP) is 2.17. The lowest BCUT2D eigenvalue weighted by atomic mass is 9.95. The van der Waals surface area contributed by atoms with E-state index in [2.05, 4.69) is 12.2 Å². The fourth-order valence-electron chi connectivity index (χ4n) is 3.28. The minimum atomic E-state index is 0.898. The summed E-state index contributed by atoms with van der Waals surface area (Å²) in [6.07, 6.45) is 7.52. The smallest absolute Gasteiger partial charge is 0.0101 e. The number of rotatable bonds is 2. The van der Waals surface area contributed by atoms with Gasteiger partial charge < -0.3 is 5.32 Å². The molecule has 3 unspecified atom stereocenters. The summed E-state index contributed by atoms with van der Waals surface area (Å²) in [5, 5.41) is 3.83. The van der Waals surface area contributed by atoms with E-state index in [1.54, 1.807) is 6.42 Å². The van der Waals surface area contributed by atoms with Gasteiger partial charge in [-0.3, -0.25) is 0 Å². The van der Waals surface area contributed by atoms with E-state index in [9.17, 15) is 0 Å². The van der Waals surface area contributed by atoms with Gasteiger partial charge >= 0.3 is 0 Å². The Labute approximate surface area is 74.9 Å². The molecule has 1 nitrogen and oxygen atoms in total. The van der Waals surface area contributed by atoms with Gasteiger partial charge in [-0.15, -0.1) is 0 Å². The maximum atomic E-state index is 3.83. The Bertz CT molecular complexity index is 189. The highest BCUT2D eigenvalue weighted by Crippen LogP contribution is 2.45. The van der Waals surface area contributed by atoms with Crippen LogP contribution in [0.5, 0.6) is 0 Å². The lowest BCUT2D eigenvalue weighted by Gasteiger charge is -2.22. The zero-order chi connectivity index (χ0) is 8.13. The molecule has 5 atom stereocenters. The lowest BCUT2D eigenvalue weighted by molar-refractivity contribution is 0.346. The SMILES string of the molecule is C[C@@H]1C[C@H]1NC1CC2CCC1C2. The standard InChI is InChI=1S/C11H19N/c1-7-4-10(7)12-11-6-8-2-3-9(11)5-8/h7-12H,2-6H2,1H3/t7-,8?,9?,10-,11?/m1/s1. The van der Waals surface area contributed by atoms with E-state index in [4.69, 9.17) is 0 Å². The largest absolute Gasteiger partial charge is 0.311 e. The highest BCUT2D eigenvalue weighted by Gasteiger charge is 2.43. The van der Waals surface area contributed by atoms with Crippen LogP contribution >= 0.6 is 0 Å². The average Bonchev–Trinajstić information content (AvgIpc) is 2.53. The van der Waals surface area contributed by atoms with Crippen molar-refractivity contribution in [3.63, 3.8) is 0 Å². The molecule has 0 heterocycles. The Morgan fingerprint density at radius 3 is 2.33 bits per heavy atom. The van der Waals surface area contributed by atoms with Crippen LogP contribution in [0.1, 0.15) is 39.0 Å². The second-order valence-corrected chi connectivity index (χ2v) is 5.27. The van der Waals surface area contributed by atoms with Crippen molar-refractivity contribution in [3.05, 3.63) is 0 Å². The molecular weight excluding hydrogens is 146 g/mol. The summed E-state index contributed by atoms with van der Waals surface area (Å²) < 4.78 is 0. The summed E-state index contributed by atoms with van der Waals surface area (Å²) >= 11 is 0. The van der Waals surface area contributed by atoms with Gasteiger partial charge in [0.1, 0.15) is 0 Å². The second-order valence-electron chi connectivity index (χ2n) is 5.27. The van der Waals surface area contributed by atoms with Crippen molar-refractivity contribution >= 4 is 0 Å². The van der Waals surface area contributed by atoms with Crippen molar-refractivity contribution in [1.29, 1.82) is 0 Å². The van der Waals surface area contributed by atoms with Crippen molar-refractivity contribution in [2.75, 3.05) is 0 Å². The minimum Gasteiger partial charge on any atom is -0.311 e. The number of fused-ring (bicyclic) bond motifs is 2. The Morgan fingerprint density at radius 1 is 1.00 bits per heavy atom. The Kier molecular flexibility index (Phi) is 1.52. The first-order valence-corrected chi connectivity index (χ1v) is 5.59. The molecule has 0 aromatic heterocycles. The van der Waals surface area contributed by atoms with Crippen molar-refractivity contribution in [3.8, 4) is 0 Å². The summed E-state index contributed by atoms with van der Waals surface area (Å²) in [7, 11) is 0. The van der Waals surface area contributed by atoms with Crippen LogP contribution in [0, 0.1) is 17.8 Å². The van der Waals surface area contributed by atoms with Crippen LogP contribution < -0.4 is 5.32 Å². The summed E-state index contributed by atoms with van der Waals surface area (Å²) in [4.78, 5) is 0. The molecule has 0 amide bonds. The fourth-order valence-corrected chi connectivity index (χ4v) is 3.28. The third-order valence-corrected chi connectivity index (χ3v) is 4.28. The average molecular weight is 165 g/mol. The van der Waals surface area contributed by atoms with Gasteiger partial charge in [0, 0.05) is 12.1 Å². The molecule has 0 saturated heterocycles. The van der Waals surface area contributed by atoms with Gasteiger partial charge in [-0.25, -0.2) is 0 Å². The van der Waals surface area contributed by atoms with Crippen LogP contribution in [-0.2, 0) is 0 Å². The number of hydrogen-bond acceptors (Lipinski definition) is 1. The molecule has 3 rings (SSSR count). The van der Waals surface area contributed by atoms with Crippen LogP contribution in [0.25, 0.3) is 0 Å². The highest BCUT2D eigenvalue weighted by atomic mass is 15.0. The molecule has 3 saturated carbocycles. The molecule has 0 aliphatic heterocycles. The third kappa shape index (κ3) is 1.10. The first-order valence-electron chi connectivity index (χ1n) is 5.59.